The van der Waals surface area contributed by atoms with Crippen molar-refractivity contribution < 1.29 is 0 Å². The minimum atomic E-state index is 0.930. The van der Waals surface area contributed by atoms with Crippen LogP contribution in [0.2, 0.25) is 0 Å². The first-order valence-electron chi connectivity index (χ1n) is 6.22. The van der Waals surface area contributed by atoms with E-state index in [-0.39, 0.29) is 0 Å². The molecule has 100 valence electrons. The van der Waals surface area contributed by atoms with Crippen molar-refractivity contribution in [3.05, 3.63) is 70.0 Å². The van der Waals surface area contributed by atoms with Gasteiger partial charge in [0.15, 0.2) is 0 Å². The van der Waals surface area contributed by atoms with Crippen LogP contribution in [0.25, 0.3) is 0 Å². The van der Waals surface area contributed by atoms with Crippen LogP contribution in [-0.2, 0) is 0 Å². The molecular weight excluding hydrogens is 250 g/mol. The van der Waals surface area contributed by atoms with E-state index in [9.17, 15) is 0 Å². The second-order valence-corrected chi connectivity index (χ2v) is 5.60. The monoisotopic (exact) mass is 271 g/mol. The van der Waals surface area contributed by atoms with Gasteiger partial charge >= 0.3 is 0 Å². The smallest absolute Gasteiger partial charge is 0.0779 e. The maximum atomic E-state index is 4.40. The molecule has 0 unspecified atom stereocenters. The zero-order valence-corrected chi connectivity index (χ0v) is 13.0. The lowest BCUT2D eigenvalue weighted by Crippen LogP contribution is -2.05. The van der Waals surface area contributed by atoms with Gasteiger partial charge in [0.1, 0.15) is 0 Å². The summed E-state index contributed by atoms with van der Waals surface area (Å²) in [6.45, 7) is 14.3. The molecule has 0 atom stereocenters. The normalized spacial score (nSPS) is 11.9. The van der Waals surface area contributed by atoms with Crippen LogP contribution in [0.1, 0.15) is 23.6 Å². The third kappa shape index (κ3) is 4.25. The standard InChI is InChI=1S/C17H21NS/c1-7-8-14(4)19-15(5)17(18-6)16-11-12(2)9-10-13(16)3/h7-11H,4-5H2,1-3,6H3/b8-7-,18-17?. The van der Waals surface area contributed by atoms with Crippen LogP contribution in [0.3, 0.4) is 0 Å². The van der Waals surface area contributed by atoms with Crippen molar-refractivity contribution in [1.29, 1.82) is 0 Å². The number of aryl methyl sites for hydroxylation is 2. The number of hydrogen-bond donors (Lipinski definition) is 0. The average Bonchev–Trinajstić information content (AvgIpc) is 2.34. The van der Waals surface area contributed by atoms with E-state index >= 15 is 0 Å². The van der Waals surface area contributed by atoms with E-state index in [1.165, 1.54) is 11.1 Å². The fourth-order valence-corrected chi connectivity index (χ4v) is 2.63. The molecule has 0 aliphatic rings. The largest absolute Gasteiger partial charge is 0.287 e. The third-order valence-electron chi connectivity index (χ3n) is 2.74. The third-order valence-corrected chi connectivity index (χ3v) is 3.58. The molecular formula is C17H21NS. The van der Waals surface area contributed by atoms with Gasteiger partial charge in [-0.05, 0) is 32.4 Å². The van der Waals surface area contributed by atoms with Gasteiger partial charge in [0.25, 0.3) is 0 Å². The van der Waals surface area contributed by atoms with Gasteiger partial charge in [0, 0.05) is 22.4 Å². The van der Waals surface area contributed by atoms with Crippen LogP contribution in [-0.4, -0.2) is 12.8 Å². The lowest BCUT2D eigenvalue weighted by molar-refractivity contribution is 1.35. The number of aliphatic imine (C=N–C) groups is 1. The number of nitrogens with zero attached hydrogens (tertiary/aromatic N) is 1. The van der Waals surface area contributed by atoms with Gasteiger partial charge in [-0.15, -0.1) is 0 Å². The number of rotatable bonds is 5. The van der Waals surface area contributed by atoms with Gasteiger partial charge in [-0.3, -0.25) is 4.99 Å². The van der Waals surface area contributed by atoms with Crippen LogP contribution >= 0.6 is 11.8 Å². The molecule has 2 heteroatoms. The number of thioether (sulfide) groups is 1. The first-order chi connectivity index (χ1) is 8.99. The number of benzene rings is 1. The Morgan fingerprint density at radius 1 is 1.26 bits per heavy atom. The lowest BCUT2D eigenvalue weighted by Gasteiger charge is -2.12. The van der Waals surface area contributed by atoms with Gasteiger partial charge in [-0.2, -0.15) is 0 Å². The van der Waals surface area contributed by atoms with Crippen molar-refractivity contribution >= 4 is 17.5 Å². The summed E-state index contributed by atoms with van der Waals surface area (Å²) in [5, 5.41) is 0. The Morgan fingerprint density at radius 2 is 1.95 bits per heavy atom. The zero-order valence-electron chi connectivity index (χ0n) is 12.2. The van der Waals surface area contributed by atoms with Crippen molar-refractivity contribution in [2.75, 3.05) is 7.05 Å². The molecule has 0 aliphatic carbocycles. The van der Waals surface area contributed by atoms with Crippen molar-refractivity contribution in [3.8, 4) is 0 Å². The quantitative estimate of drug-likeness (QED) is 0.538. The molecule has 0 saturated heterocycles. The highest BCUT2D eigenvalue weighted by molar-refractivity contribution is 8.07. The molecule has 0 bridgehead atoms. The molecule has 0 fully saturated rings. The van der Waals surface area contributed by atoms with Crippen molar-refractivity contribution in [2.45, 2.75) is 20.8 Å². The summed E-state index contributed by atoms with van der Waals surface area (Å²) in [6, 6.07) is 6.39. The lowest BCUT2D eigenvalue weighted by atomic mass is 10.0. The van der Waals surface area contributed by atoms with Gasteiger partial charge in [-0.25, -0.2) is 0 Å². The van der Waals surface area contributed by atoms with E-state index in [0.29, 0.717) is 0 Å². The molecule has 1 aromatic rings. The van der Waals surface area contributed by atoms with Crippen molar-refractivity contribution in [2.24, 2.45) is 4.99 Å². The van der Waals surface area contributed by atoms with Crippen LogP contribution in [0.15, 0.2) is 58.3 Å². The maximum absolute atomic E-state index is 4.40. The second-order valence-electron chi connectivity index (χ2n) is 4.38. The molecule has 0 amide bonds. The van der Waals surface area contributed by atoms with Gasteiger partial charge in [0.2, 0.25) is 0 Å². The van der Waals surface area contributed by atoms with Crippen molar-refractivity contribution in [3.63, 3.8) is 0 Å². The summed E-state index contributed by atoms with van der Waals surface area (Å²) in [5.74, 6) is 0. The van der Waals surface area contributed by atoms with Crippen LogP contribution in [0, 0.1) is 13.8 Å². The average molecular weight is 271 g/mol. The van der Waals surface area contributed by atoms with Crippen LogP contribution < -0.4 is 0 Å². The van der Waals surface area contributed by atoms with Crippen LogP contribution in [0.4, 0.5) is 0 Å². The summed E-state index contributed by atoms with van der Waals surface area (Å²) in [4.78, 5) is 6.31. The van der Waals surface area contributed by atoms with Gasteiger partial charge in [0.05, 0.1) is 5.71 Å². The van der Waals surface area contributed by atoms with E-state index < -0.39 is 0 Å². The van der Waals surface area contributed by atoms with E-state index in [4.69, 9.17) is 0 Å². The highest BCUT2D eigenvalue weighted by atomic mass is 32.2. The number of hydrogen-bond acceptors (Lipinski definition) is 2. The molecule has 0 aromatic heterocycles. The predicted octanol–water partition coefficient (Wildman–Crippen LogP) is 5.06. The summed E-state index contributed by atoms with van der Waals surface area (Å²) in [5.41, 5.74) is 4.53. The first-order valence-corrected chi connectivity index (χ1v) is 7.04. The highest BCUT2D eigenvalue weighted by Crippen LogP contribution is 2.28. The topological polar surface area (TPSA) is 12.4 Å². The van der Waals surface area contributed by atoms with Gasteiger partial charge in [-0.1, -0.05) is 54.8 Å². The minimum Gasteiger partial charge on any atom is -0.287 e. The van der Waals surface area contributed by atoms with Crippen LogP contribution in [0.5, 0.6) is 0 Å². The Morgan fingerprint density at radius 3 is 2.53 bits per heavy atom. The molecule has 1 aromatic carbocycles. The Labute approximate surface area is 120 Å². The molecule has 0 spiro atoms. The Kier molecular flexibility index (Phi) is 5.84. The summed E-state index contributed by atoms with van der Waals surface area (Å²) < 4.78 is 0. The molecule has 0 N–H and O–H groups in total. The summed E-state index contributed by atoms with van der Waals surface area (Å²) in [7, 11) is 1.81. The summed E-state index contributed by atoms with van der Waals surface area (Å²) >= 11 is 1.56. The number of allylic oxidation sites excluding steroid dienone is 3. The van der Waals surface area contributed by atoms with E-state index in [1.807, 2.05) is 19.1 Å². The summed E-state index contributed by atoms with van der Waals surface area (Å²) in [6.07, 6.45) is 3.95. The molecule has 0 heterocycles. The molecule has 1 nitrogen and oxygen atoms in total. The molecule has 19 heavy (non-hydrogen) atoms. The minimum absolute atomic E-state index is 0.930. The first kappa shape index (κ1) is 15.5. The molecule has 1 rings (SSSR count). The molecule has 0 radical (unpaired) electrons. The highest BCUT2D eigenvalue weighted by Gasteiger charge is 2.11. The predicted molar refractivity (Wildman–Crippen MR) is 89.1 cm³/mol. The fourth-order valence-electron chi connectivity index (χ4n) is 1.81. The SMILES string of the molecule is C=C(/C=C\C)SC(=C)C(=NC)c1cc(C)ccc1C. The van der Waals surface area contributed by atoms with Gasteiger partial charge < -0.3 is 0 Å². The molecule has 0 saturated carbocycles. The van der Waals surface area contributed by atoms with E-state index in [1.54, 1.807) is 18.8 Å². The zero-order chi connectivity index (χ0) is 14.4. The Hall–Kier alpha value is -1.54. The second kappa shape index (κ2) is 7.15. The van der Waals surface area contributed by atoms with E-state index in [2.05, 4.69) is 50.2 Å². The Balaban J connectivity index is 3.05. The van der Waals surface area contributed by atoms with E-state index in [0.717, 1.165) is 21.1 Å². The molecule has 0 aliphatic heterocycles. The maximum Gasteiger partial charge on any atom is 0.0779 e. The van der Waals surface area contributed by atoms with Crippen molar-refractivity contribution in [1.82, 2.24) is 0 Å². The fraction of sp³-hybridized carbons (Fsp3) is 0.235. The Bertz CT molecular complexity index is 550.